The topological polar surface area (TPSA) is 101 Å². The Kier molecular flexibility index (Phi) is 17.4. The lowest BCUT2D eigenvalue weighted by atomic mass is 9.71. The average molecular weight is 913 g/mol. The normalized spacial score (nSPS) is 28.1. The smallest absolute Gasteiger partial charge is 0.384 e. The van der Waals surface area contributed by atoms with Crippen LogP contribution in [0.25, 0.3) is 0 Å². The SMILES string of the molecule is CC[C@@H]1[C@@H](C)[C@H](OCc2ccccc2)[C@@H](OCc2ccccc2)[C@H](O)C1(F)F.CC[C@@H]1[C@@H](C)[C@H](OCc2ccccc2)[C@@H](OCc2ccccc2)[C@H](OS(=O)(=O)C(F)(F)F)C1(F)F. The summed E-state index contributed by atoms with van der Waals surface area (Å²) in [6.45, 7) is 6.56. The second-order valence-electron chi connectivity index (χ2n) is 16.0. The molecular formula is C47H55F7O8S. The van der Waals surface area contributed by atoms with E-state index in [1.807, 2.05) is 60.7 Å². The summed E-state index contributed by atoms with van der Waals surface area (Å²) in [4.78, 5) is 0. The zero-order valence-electron chi connectivity index (χ0n) is 35.4. The minimum Gasteiger partial charge on any atom is -0.384 e. The molecule has 0 unspecified atom stereocenters. The van der Waals surface area contributed by atoms with Crippen LogP contribution in [0.4, 0.5) is 30.7 Å². The van der Waals surface area contributed by atoms with Crippen molar-refractivity contribution in [1.82, 2.24) is 0 Å². The van der Waals surface area contributed by atoms with Gasteiger partial charge in [0.1, 0.15) is 18.3 Å². The number of rotatable bonds is 16. The molecule has 0 saturated heterocycles. The molecule has 1 N–H and O–H groups in total. The monoisotopic (exact) mass is 912 g/mol. The molecule has 0 bridgehead atoms. The van der Waals surface area contributed by atoms with E-state index in [2.05, 4.69) is 4.18 Å². The van der Waals surface area contributed by atoms with Crippen molar-refractivity contribution in [1.29, 1.82) is 0 Å². The summed E-state index contributed by atoms with van der Waals surface area (Å²) in [5, 5.41) is 10.5. The van der Waals surface area contributed by atoms with Crippen molar-refractivity contribution in [2.24, 2.45) is 23.7 Å². The number of benzene rings is 4. The van der Waals surface area contributed by atoms with Crippen molar-refractivity contribution in [2.45, 2.75) is 121 Å². The van der Waals surface area contributed by atoms with Crippen molar-refractivity contribution >= 4 is 10.1 Å². The van der Waals surface area contributed by atoms with Gasteiger partial charge in [0.15, 0.2) is 6.10 Å². The number of hydrogen-bond acceptors (Lipinski definition) is 8. The van der Waals surface area contributed by atoms with Gasteiger partial charge in [-0.15, -0.1) is 0 Å². The van der Waals surface area contributed by atoms with Crippen LogP contribution in [0.1, 0.15) is 62.8 Å². The summed E-state index contributed by atoms with van der Waals surface area (Å²) in [7, 11) is -6.34. The van der Waals surface area contributed by atoms with Crippen LogP contribution in [0, 0.1) is 23.7 Å². The van der Waals surface area contributed by atoms with Gasteiger partial charge in [0.05, 0.1) is 38.6 Å². The minimum atomic E-state index is -6.34. The van der Waals surface area contributed by atoms with Gasteiger partial charge in [-0.1, -0.05) is 149 Å². The molecule has 2 fully saturated rings. The summed E-state index contributed by atoms with van der Waals surface area (Å²) in [5.41, 5.74) is -2.80. The van der Waals surface area contributed by atoms with E-state index >= 15 is 8.78 Å². The molecule has 346 valence electrons. The number of alkyl halides is 7. The zero-order chi connectivity index (χ0) is 46.0. The van der Waals surface area contributed by atoms with E-state index in [4.69, 9.17) is 18.9 Å². The highest BCUT2D eigenvalue weighted by Crippen LogP contribution is 2.49. The molecule has 0 spiro atoms. The Morgan fingerprint density at radius 3 is 1.16 bits per heavy atom. The second-order valence-corrected chi connectivity index (χ2v) is 17.6. The summed E-state index contributed by atoms with van der Waals surface area (Å²) in [6.07, 6.45) is -9.21. The largest absolute Gasteiger partial charge is 0.523 e. The van der Waals surface area contributed by atoms with Gasteiger partial charge in [-0.05, 0) is 46.9 Å². The van der Waals surface area contributed by atoms with Crippen molar-refractivity contribution in [3.05, 3.63) is 144 Å². The van der Waals surface area contributed by atoms with Gasteiger partial charge in [-0.2, -0.15) is 21.6 Å². The first-order valence-electron chi connectivity index (χ1n) is 20.9. The third-order valence-electron chi connectivity index (χ3n) is 11.9. The molecule has 0 radical (unpaired) electrons. The molecule has 10 atom stereocenters. The maximum atomic E-state index is 15.5. The maximum absolute atomic E-state index is 15.5. The molecule has 8 nitrogen and oxygen atoms in total. The fourth-order valence-electron chi connectivity index (χ4n) is 8.50. The van der Waals surface area contributed by atoms with Gasteiger partial charge in [0.25, 0.3) is 11.8 Å². The predicted molar refractivity (Wildman–Crippen MR) is 222 cm³/mol. The number of aliphatic hydroxyl groups is 1. The van der Waals surface area contributed by atoms with Crippen LogP contribution in [0.2, 0.25) is 0 Å². The van der Waals surface area contributed by atoms with E-state index in [0.717, 1.165) is 11.1 Å². The van der Waals surface area contributed by atoms with Gasteiger partial charge in [-0.3, -0.25) is 4.18 Å². The Hall–Kier alpha value is -3.90. The Labute approximate surface area is 364 Å². The van der Waals surface area contributed by atoms with Crippen molar-refractivity contribution in [3.63, 3.8) is 0 Å². The van der Waals surface area contributed by atoms with Crippen LogP contribution in [-0.2, 0) is 59.7 Å². The molecule has 2 aliphatic carbocycles. The summed E-state index contributed by atoms with van der Waals surface area (Å²) in [6, 6.07) is 36.0. The van der Waals surface area contributed by atoms with E-state index in [1.54, 1.807) is 74.5 Å². The van der Waals surface area contributed by atoms with Crippen LogP contribution in [0.5, 0.6) is 0 Å². The van der Waals surface area contributed by atoms with E-state index in [-0.39, 0.29) is 39.3 Å². The molecule has 63 heavy (non-hydrogen) atoms. The van der Waals surface area contributed by atoms with Gasteiger partial charge in [0.2, 0.25) is 0 Å². The molecule has 4 aromatic carbocycles. The molecule has 0 amide bonds. The van der Waals surface area contributed by atoms with E-state index in [9.17, 15) is 35.5 Å². The van der Waals surface area contributed by atoms with Gasteiger partial charge in [-0.25, -0.2) is 17.6 Å². The van der Waals surface area contributed by atoms with Crippen molar-refractivity contribution in [3.8, 4) is 0 Å². The van der Waals surface area contributed by atoms with Crippen LogP contribution in [0.3, 0.4) is 0 Å². The standard InChI is InChI=1S/C24H27F5O5S.C23H28F2O3/c1-3-19-16(2)20(32-14-17-10-6-4-7-11-17)21(33-15-18-12-8-5-9-13-18)22(23(19,25)26)34-35(30,31)24(27,28)29;1-3-19-16(2)20(27-14-17-10-6-4-7-11-17)21(22(26)23(19,24)25)28-15-18-12-8-5-9-13-18/h4-13,16,19-22H,3,14-15H2,1-2H3;4-13,16,19-22,26H,3,14-15H2,1-2H3/t2*16-,19-,20+,21-,22+/m11/s1. The highest BCUT2D eigenvalue weighted by molar-refractivity contribution is 7.87. The van der Waals surface area contributed by atoms with E-state index in [0.29, 0.717) is 11.1 Å². The lowest BCUT2D eigenvalue weighted by Crippen LogP contribution is -2.64. The third-order valence-corrected chi connectivity index (χ3v) is 12.9. The average Bonchev–Trinajstić information content (AvgIpc) is 3.25. The fourth-order valence-corrected chi connectivity index (χ4v) is 9.12. The zero-order valence-corrected chi connectivity index (χ0v) is 36.2. The summed E-state index contributed by atoms with van der Waals surface area (Å²) >= 11 is 0. The van der Waals surface area contributed by atoms with E-state index in [1.165, 1.54) is 13.8 Å². The van der Waals surface area contributed by atoms with Gasteiger partial charge in [0, 0.05) is 11.8 Å². The lowest BCUT2D eigenvalue weighted by molar-refractivity contribution is -0.274. The molecule has 0 aliphatic heterocycles. The first-order chi connectivity index (χ1) is 29.8. The quantitative estimate of drug-likeness (QED) is 0.0674. The second kappa shape index (κ2) is 21.9. The van der Waals surface area contributed by atoms with Crippen LogP contribution in [0.15, 0.2) is 121 Å². The highest BCUT2D eigenvalue weighted by Gasteiger charge is 2.65. The predicted octanol–water partition coefficient (Wildman–Crippen LogP) is 10.5. The van der Waals surface area contributed by atoms with Gasteiger partial charge >= 0.3 is 15.6 Å². The first-order valence-corrected chi connectivity index (χ1v) is 22.3. The van der Waals surface area contributed by atoms with Crippen molar-refractivity contribution < 1.29 is 67.4 Å². The molecular weight excluding hydrogens is 858 g/mol. The highest BCUT2D eigenvalue weighted by atomic mass is 32.2. The molecule has 0 heterocycles. The Morgan fingerprint density at radius 1 is 0.524 bits per heavy atom. The summed E-state index contributed by atoms with van der Waals surface area (Å²) in [5.74, 6) is -11.0. The van der Waals surface area contributed by atoms with Crippen LogP contribution >= 0.6 is 0 Å². The van der Waals surface area contributed by atoms with Crippen LogP contribution in [-0.4, -0.2) is 67.5 Å². The van der Waals surface area contributed by atoms with Gasteiger partial charge < -0.3 is 24.1 Å². The Bertz CT molecular complexity index is 2070. The molecule has 2 saturated carbocycles. The Morgan fingerprint density at radius 2 is 0.825 bits per heavy atom. The maximum Gasteiger partial charge on any atom is 0.523 e. The number of aliphatic hydroxyl groups excluding tert-OH is 1. The lowest BCUT2D eigenvalue weighted by Gasteiger charge is -2.49. The van der Waals surface area contributed by atoms with E-state index < -0.39 is 87.8 Å². The molecule has 0 aromatic heterocycles. The molecule has 16 heteroatoms. The number of ether oxygens (including phenoxy) is 4. The molecule has 6 rings (SSSR count). The minimum absolute atomic E-state index is 0.0399. The number of hydrogen-bond donors (Lipinski definition) is 1. The Balaban J connectivity index is 0.000000243. The third kappa shape index (κ3) is 12.3. The molecule has 4 aromatic rings. The summed E-state index contributed by atoms with van der Waals surface area (Å²) < 4.78 is 151. The fraction of sp³-hybridized carbons (Fsp3) is 0.489. The molecule has 2 aliphatic rings. The van der Waals surface area contributed by atoms with Crippen LogP contribution < -0.4 is 0 Å². The number of halogens is 7. The first kappa shape index (κ1) is 50.1. The van der Waals surface area contributed by atoms with Crippen molar-refractivity contribution in [2.75, 3.05) is 0 Å².